The summed E-state index contributed by atoms with van der Waals surface area (Å²) in [6, 6.07) is -0.335. The molecule has 7 atom stereocenters. The Bertz CT molecular complexity index is 2280. The van der Waals surface area contributed by atoms with Crippen molar-refractivity contribution in [1.82, 2.24) is 36.9 Å². The van der Waals surface area contributed by atoms with E-state index in [9.17, 15) is 83.4 Å². The van der Waals surface area contributed by atoms with Gasteiger partial charge < -0.3 is 73.3 Å². The van der Waals surface area contributed by atoms with E-state index in [4.69, 9.17) is 5.73 Å². The molecule has 0 spiro atoms. The number of carboxylic acids is 5. The Morgan fingerprint density at radius 3 is 1.48 bits per heavy atom. The fraction of sp³-hybridized carbons (Fsp3) is 0.375. The van der Waals surface area contributed by atoms with Gasteiger partial charge in [0.2, 0.25) is 35.4 Å². The molecule has 0 saturated heterocycles. The number of rotatable bonds is 26. The molecule has 2 aromatic carbocycles. The number of aliphatic carboxylic acids is 5. The van der Waals surface area contributed by atoms with Crippen molar-refractivity contribution in [1.29, 1.82) is 0 Å². The standard InChI is InChI=1S/C40H48N8O17/c1-18(41)34(58)44-25(12-19-6-8-21(49)9-7-19)36(60)43-24(10-11-30(50)51)35(59)46-27(14-31(52)53)39(63)47-28(15-32(54)55)38(62)45-26(37(61)48-29(40(64)65)16-33(56)57)13-20-17-42-23-5-3-2-4-22(20)23/h2-9,17-18,24-29,42,49H,10-16,41H2,1H3,(H,43,60)(H,44,58)(H,45,62)(H,46,59)(H,47,63)(H,48,61)(H,50,51)(H,52,53)(H,54,55)(H,56,57)(H,64,65)/t18-,24-,25-,26-,27-,28-,29-/m0/s1. The van der Waals surface area contributed by atoms with Crippen LogP contribution in [0.2, 0.25) is 0 Å². The van der Waals surface area contributed by atoms with Gasteiger partial charge in [-0.3, -0.25) is 47.9 Å². The van der Waals surface area contributed by atoms with E-state index < -0.39 is 146 Å². The molecule has 6 amide bonds. The molecule has 0 unspecified atom stereocenters. The summed E-state index contributed by atoms with van der Waals surface area (Å²) >= 11 is 0. The minimum Gasteiger partial charge on any atom is -0.508 e. The first kappa shape index (κ1) is 51.3. The number of carbonyl (C=O) groups is 11. The summed E-state index contributed by atoms with van der Waals surface area (Å²) in [7, 11) is 0. The van der Waals surface area contributed by atoms with Gasteiger partial charge in [0.15, 0.2) is 0 Å². The highest BCUT2D eigenvalue weighted by molar-refractivity contribution is 5.99. The normalized spacial score (nSPS) is 14.1. The number of hydrogen-bond acceptors (Lipinski definition) is 13. The molecule has 0 bridgehead atoms. The number of phenols is 1. The Morgan fingerprint density at radius 1 is 0.538 bits per heavy atom. The highest BCUT2D eigenvalue weighted by Crippen LogP contribution is 2.20. The van der Waals surface area contributed by atoms with Gasteiger partial charge in [-0.2, -0.15) is 0 Å². The van der Waals surface area contributed by atoms with E-state index in [0.717, 1.165) is 0 Å². The monoisotopic (exact) mass is 912 g/mol. The number of H-pyrrole nitrogens is 1. The van der Waals surface area contributed by atoms with E-state index in [1.807, 2.05) is 10.6 Å². The molecule has 65 heavy (non-hydrogen) atoms. The SMILES string of the molecule is C[C@H](N)C(=O)N[C@@H](Cc1ccc(O)cc1)C(=O)N[C@@H](CCC(=O)O)C(=O)N[C@@H](CC(=O)O)C(=O)N[C@@H](CC(=O)O)C(=O)N[C@@H](Cc1c[nH]c2ccccc12)C(=O)N[C@@H](CC(=O)O)C(=O)O. The lowest BCUT2D eigenvalue weighted by atomic mass is 10.0. The highest BCUT2D eigenvalue weighted by Gasteiger charge is 2.36. The van der Waals surface area contributed by atoms with Crippen LogP contribution in [0.25, 0.3) is 10.9 Å². The number of benzene rings is 2. The van der Waals surface area contributed by atoms with Gasteiger partial charge >= 0.3 is 29.8 Å². The van der Waals surface area contributed by atoms with Crippen molar-refractivity contribution in [3.63, 3.8) is 0 Å². The first-order chi connectivity index (χ1) is 30.5. The number of phenolic OH excluding ortho intramolecular Hbond substituents is 1. The molecule has 1 aromatic heterocycles. The van der Waals surface area contributed by atoms with Crippen LogP contribution in [0, 0.1) is 0 Å². The van der Waals surface area contributed by atoms with Gasteiger partial charge in [-0.1, -0.05) is 30.3 Å². The number of aromatic nitrogens is 1. The lowest BCUT2D eigenvalue weighted by Crippen LogP contribution is -2.60. The number of aromatic amines is 1. The molecule has 0 aliphatic rings. The third-order valence-corrected chi connectivity index (χ3v) is 9.45. The Hall–Kier alpha value is -8.09. The summed E-state index contributed by atoms with van der Waals surface area (Å²) in [6.07, 6.45) is -4.11. The van der Waals surface area contributed by atoms with Crippen LogP contribution >= 0.6 is 0 Å². The molecule has 3 rings (SSSR count). The minimum absolute atomic E-state index is 0.117. The van der Waals surface area contributed by atoms with Crippen molar-refractivity contribution in [2.75, 3.05) is 0 Å². The van der Waals surface area contributed by atoms with Crippen LogP contribution in [-0.4, -0.2) is 143 Å². The lowest BCUT2D eigenvalue weighted by Gasteiger charge is -2.27. The summed E-state index contributed by atoms with van der Waals surface area (Å²) < 4.78 is 0. The van der Waals surface area contributed by atoms with E-state index in [1.165, 1.54) is 37.4 Å². The van der Waals surface area contributed by atoms with E-state index in [2.05, 4.69) is 26.3 Å². The number of nitrogens with two attached hydrogens (primary N) is 1. The molecule has 0 saturated carbocycles. The number of amides is 6. The van der Waals surface area contributed by atoms with E-state index in [0.29, 0.717) is 22.0 Å². The van der Waals surface area contributed by atoms with Crippen molar-refractivity contribution < 1.29 is 83.4 Å². The minimum atomic E-state index is -2.14. The quantitative estimate of drug-likeness (QED) is 0.0389. The first-order valence-corrected chi connectivity index (χ1v) is 19.5. The number of hydrogen-bond donors (Lipinski definition) is 14. The van der Waals surface area contributed by atoms with E-state index in [1.54, 1.807) is 24.3 Å². The highest BCUT2D eigenvalue weighted by atomic mass is 16.4. The largest absolute Gasteiger partial charge is 0.508 e. The second-order valence-electron chi connectivity index (χ2n) is 14.7. The summed E-state index contributed by atoms with van der Waals surface area (Å²) in [6.45, 7) is 1.31. The smallest absolute Gasteiger partial charge is 0.326 e. The van der Waals surface area contributed by atoms with E-state index in [-0.39, 0.29) is 12.2 Å². The maximum absolute atomic E-state index is 13.7. The van der Waals surface area contributed by atoms with Gasteiger partial charge in [0.1, 0.15) is 42.0 Å². The number of aromatic hydroxyl groups is 1. The van der Waals surface area contributed by atoms with Gasteiger partial charge in [-0.25, -0.2) is 4.79 Å². The predicted octanol–water partition coefficient (Wildman–Crippen LogP) is -2.71. The fourth-order valence-corrected chi connectivity index (χ4v) is 6.15. The number of carbonyl (C=O) groups excluding carboxylic acids is 6. The second kappa shape index (κ2) is 23.9. The number of carboxylic acid groups (broad SMARTS) is 5. The van der Waals surface area contributed by atoms with Crippen LogP contribution in [0.4, 0.5) is 0 Å². The zero-order valence-electron chi connectivity index (χ0n) is 34.4. The third-order valence-electron chi connectivity index (χ3n) is 9.45. The van der Waals surface area contributed by atoms with Gasteiger partial charge in [0.25, 0.3) is 0 Å². The van der Waals surface area contributed by atoms with Crippen LogP contribution < -0.4 is 37.6 Å². The summed E-state index contributed by atoms with van der Waals surface area (Å²) in [5.41, 5.74) is 7.01. The topological polar surface area (TPSA) is 423 Å². The molecule has 0 aliphatic carbocycles. The number of para-hydroxylation sites is 1. The maximum atomic E-state index is 13.7. The molecule has 3 aromatic rings. The zero-order chi connectivity index (χ0) is 48.5. The number of fused-ring (bicyclic) bond motifs is 1. The van der Waals surface area contributed by atoms with Crippen molar-refractivity contribution >= 4 is 76.2 Å². The Balaban J connectivity index is 1.91. The lowest BCUT2D eigenvalue weighted by molar-refractivity contribution is -0.147. The molecular formula is C40H48N8O17. The van der Waals surface area contributed by atoms with Gasteiger partial charge in [0.05, 0.1) is 25.3 Å². The molecule has 0 radical (unpaired) electrons. The van der Waals surface area contributed by atoms with Crippen LogP contribution in [0.5, 0.6) is 5.75 Å². The molecule has 25 heteroatoms. The van der Waals surface area contributed by atoms with Crippen molar-refractivity contribution in [3.05, 3.63) is 65.9 Å². The molecular weight excluding hydrogens is 864 g/mol. The molecule has 0 fully saturated rings. The van der Waals surface area contributed by atoms with E-state index >= 15 is 0 Å². The number of nitrogens with one attached hydrogen (secondary N) is 7. The van der Waals surface area contributed by atoms with Crippen LogP contribution in [-0.2, 0) is 65.6 Å². The second-order valence-corrected chi connectivity index (χ2v) is 14.7. The van der Waals surface area contributed by atoms with Crippen molar-refractivity contribution in [2.45, 2.75) is 94.2 Å². The molecule has 1 heterocycles. The Kier molecular flexibility index (Phi) is 18.9. The fourth-order valence-electron chi connectivity index (χ4n) is 6.15. The average molecular weight is 913 g/mol. The molecule has 25 nitrogen and oxygen atoms in total. The molecule has 0 aliphatic heterocycles. The van der Waals surface area contributed by atoms with Crippen molar-refractivity contribution in [2.24, 2.45) is 5.73 Å². The summed E-state index contributed by atoms with van der Waals surface area (Å²) in [5.74, 6) is -15.6. The van der Waals surface area contributed by atoms with Crippen molar-refractivity contribution in [3.8, 4) is 5.75 Å². The van der Waals surface area contributed by atoms with Crippen LogP contribution in [0.3, 0.4) is 0 Å². The zero-order valence-corrected chi connectivity index (χ0v) is 34.4. The van der Waals surface area contributed by atoms with Crippen LogP contribution in [0.15, 0.2) is 54.7 Å². The molecule has 350 valence electrons. The van der Waals surface area contributed by atoms with Crippen LogP contribution in [0.1, 0.15) is 50.2 Å². The average Bonchev–Trinajstić information content (AvgIpc) is 3.63. The third kappa shape index (κ3) is 16.6. The van der Waals surface area contributed by atoms with Gasteiger partial charge in [-0.15, -0.1) is 0 Å². The summed E-state index contributed by atoms with van der Waals surface area (Å²) in [4.78, 5) is 142. The Morgan fingerprint density at radius 2 is 0.969 bits per heavy atom. The van der Waals surface area contributed by atoms with Gasteiger partial charge in [-0.05, 0) is 42.7 Å². The maximum Gasteiger partial charge on any atom is 0.326 e. The van der Waals surface area contributed by atoms with Gasteiger partial charge in [0, 0.05) is 36.4 Å². The summed E-state index contributed by atoms with van der Waals surface area (Å²) in [5, 5.41) is 70.6. The predicted molar refractivity (Wildman–Crippen MR) is 220 cm³/mol. The molecule has 15 N–H and O–H groups in total. The first-order valence-electron chi connectivity index (χ1n) is 19.5. The Labute approximate surface area is 367 Å².